The molecular weight excluding hydrogens is 508 g/mol. The molecule has 0 heterocycles. The third-order valence-corrected chi connectivity index (χ3v) is 7.76. The predicted octanol–water partition coefficient (Wildman–Crippen LogP) is 11.5. The molecule has 0 amide bonds. The van der Waals surface area contributed by atoms with Gasteiger partial charge < -0.3 is 9.80 Å². The van der Waals surface area contributed by atoms with Gasteiger partial charge in [0.25, 0.3) is 0 Å². The Balaban J connectivity index is 1.39. The van der Waals surface area contributed by atoms with Gasteiger partial charge in [0.2, 0.25) is 0 Å². The first kappa shape index (κ1) is 27.1. The van der Waals surface area contributed by atoms with Crippen molar-refractivity contribution in [2.75, 3.05) is 9.80 Å². The molecule has 6 rings (SSSR count). The first-order chi connectivity index (χ1) is 20.5. The second-order valence-corrected chi connectivity index (χ2v) is 11.0. The highest BCUT2D eigenvalue weighted by Crippen LogP contribution is 2.40. The van der Waals surface area contributed by atoms with Crippen molar-refractivity contribution in [3.63, 3.8) is 0 Å². The molecule has 0 aliphatic rings. The van der Waals surface area contributed by atoms with Crippen LogP contribution >= 0.6 is 0 Å². The molecule has 0 aromatic heterocycles. The van der Waals surface area contributed by atoms with Gasteiger partial charge in [-0.3, -0.25) is 0 Å². The fourth-order valence-corrected chi connectivity index (χ4v) is 5.71. The molecule has 0 radical (unpaired) electrons. The molecule has 6 aromatic rings. The molecule has 0 spiro atoms. The molecule has 0 unspecified atom stereocenters. The number of hydrogen-bond acceptors (Lipinski definition) is 2. The largest absolute Gasteiger partial charge is 0.310 e. The number of rotatable bonds is 7. The number of nitrogens with zero attached hydrogens (tertiary/aromatic N) is 2. The minimum Gasteiger partial charge on any atom is -0.310 e. The summed E-state index contributed by atoms with van der Waals surface area (Å²) < 4.78 is 0. The summed E-state index contributed by atoms with van der Waals surface area (Å²) in [5.74, 6) is 0. The Morgan fingerprint density at radius 1 is 0.333 bits per heavy atom. The number of hydrogen-bond donors (Lipinski definition) is 0. The highest BCUT2D eigenvalue weighted by Gasteiger charge is 2.17. The quantitative estimate of drug-likeness (QED) is 0.197. The first-order valence-corrected chi connectivity index (χ1v) is 14.5. The number of benzene rings is 6. The van der Waals surface area contributed by atoms with Gasteiger partial charge in [-0.25, -0.2) is 0 Å². The highest BCUT2D eigenvalue weighted by molar-refractivity contribution is 5.83. The monoisotopic (exact) mass is 544 g/mol. The lowest BCUT2D eigenvalue weighted by molar-refractivity contribution is 1.24. The number of anilines is 6. The van der Waals surface area contributed by atoms with Gasteiger partial charge >= 0.3 is 0 Å². The van der Waals surface area contributed by atoms with Crippen LogP contribution in [0.25, 0.3) is 11.1 Å². The second-order valence-electron chi connectivity index (χ2n) is 11.0. The highest BCUT2D eigenvalue weighted by atomic mass is 15.1. The van der Waals surface area contributed by atoms with Crippen LogP contribution in [0.5, 0.6) is 0 Å². The maximum absolute atomic E-state index is 2.35. The van der Waals surface area contributed by atoms with E-state index in [4.69, 9.17) is 0 Å². The lowest BCUT2D eigenvalue weighted by Gasteiger charge is -2.28. The van der Waals surface area contributed by atoms with Crippen LogP contribution in [0.4, 0.5) is 34.1 Å². The maximum Gasteiger partial charge on any atom is 0.0491 e. The van der Waals surface area contributed by atoms with Gasteiger partial charge in [-0.15, -0.1) is 0 Å². The molecular formula is C40H36N2. The normalized spacial score (nSPS) is 10.9. The van der Waals surface area contributed by atoms with Crippen molar-refractivity contribution in [2.45, 2.75) is 27.7 Å². The Morgan fingerprint density at radius 3 is 1.07 bits per heavy atom. The number of aryl methyl sites for hydroxylation is 4. The molecule has 0 aliphatic carbocycles. The molecule has 6 aromatic carbocycles. The fraction of sp³-hybridized carbons (Fsp3) is 0.100. The fourth-order valence-electron chi connectivity index (χ4n) is 5.71. The van der Waals surface area contributed by atoms with E-state index in [1.54, 1.807) is 0 Å². The number of para-hydroxylation sites is 2. The molecule has 0 aliphatic heterocycles. The first-order valence-electron chi connectivity index (χ1n) is 14.5. The minimum atomic E-state index is 1.15. The smallest absolute Gasteiger partial charge is 0.0491 e. The van der Waals surface area contributed by atoms with Crippen molar-refractivity contribution in [3.05, 3.63) is 168 Å². The standard InChI is InChI=1S/C40H36N2/c1-29-13-11-19-37(25-29)41(35-15-7-5-8-16-35)39-23-21-33(27-31(39)3)34-22-24-40(32(4)28-34)42(36-17-9-6-10-18-36)38-20-12-14-30(2)26-38/h5-28H,1-4H3. The Bertz CT molecular complexity index is 1690. The third kappa shape index (κ3) is 5.57. The summed E-state index contributed by atoms with van der Waals surface area (Å²) in [4.78, 5) is 4.69. The zero-order valence-electron chi connectivity index (χ0n) is 24.8. The summed E-state index contributed by atoms with van der Waals surface area (Å²) in [5.41, 5.74) is 14.3. The van der Waals surface area contributed by atoms with Crippen LogP contribution < -0.4 is 9.80 Å². The van der Waals surface area contributed by atoms with Crippen LogP contribution in [0, 0.1) is 27.7 Å². The van der Waals surface area contributed by atoms with E-state index < -0.39 is 0 Å². The molecule has 0 bridgehead atoms. The molecule has 2 heteroatoms. The lowest BCUT2D eigenvalue weighted by Crippen LogP contribution is -2.12. The van der Waals surface area contributed by atoms with E-state index in [1.165, 1.54) is 44.8 Å². The van der Waals surface area contributed by atoms with Crippen LogP contribution in [0.3, 0.4) is 0 Å². The van der Waals surface area contributed by atoms with E-state index in [0.29, 0.717) is 0 Å². The molecule has 0 atom stereocenters. The van der Waals surface area contributed by atoms with Crippen LogP contribution in [0.1, 0.15) is 22.3 Å². The molecule has 42 heavy (non-hydrogen) atoms. The molecule has 0 saturated carbocycles. The zero-order chi connectivity index (χ0) is 29.1. The predicted molar refractivity (Wildman–Crippen MR) is 180 cm³/mol. The van der Waals surface area contributed by atoms with Crippen molar-refractivity contribution in [2.24, 2.45) is 0 Å². The average Bonchev–Trinajstić information content (AvgIpc) is 3.00. The van der Waals surface area contributed by atoms with Crippen LogP contribution in [0.2, 0.25) is 0 Å². The SMILES string of the molecule is Cc1cccc(N(c2ccccc2)c2ccc(-c3ccc(N(c4ccccc4)c4cccc(C)c4)c(C)c3)cc2C)c1. The van der Waals surface area contributed by atoms with E-state index >= 15 is 0 Å². The minimum absolute atomic E-state index is 1.15. The van der Waals surface area contributed by atoms with Gasteiger partial charge in [0.1, 0.15) is 0 Å². The van der Waals surface area contributed by atoms with Gasteiger partial charge in [0, 0.05) is 34.1 Å². The van der Waals surface area contributed by atoms with Crippen molar-refractivity contribution in [1.29, 1.82) is 0 Å². The Morgan fingerprint density at radius 2 is 0.714 bits per heavy atom. The summed E-state index contributed by atoms with van der Waals surface area (Å²) in [7, 11) is 0. The zero-order valence-corrected chi connectivity index (χ0v) is 24.8. The van der Waals surface area contributed by atoms with Crippen molar-refractivity contribution in [1.82, 2.24) is 0 Å². The summed E-state index contributed by atoms with van der Waals surface area (Å²) in [6, 6.07) is 52.2. The lowest BCUT2D eigenvalue weighted by atomic mass is 9.98. The third-order valence-electron chi connectivity index (χ3n) is 7.76. The van der Waals surface area contributed by atoms with E-state index in [9.17, 15) is 0 Å². The van der Waals surface area contributed by atoms with Crippen molar-refractivity contribution in [3.8, 4) is 11.1 Å². The molecule has 2 nitrogen and oxygen atoms in total. The van der Waals surface area contributed by atoms with Gasteiger partial charge in [0.15, 0.2) is 0 Å². The van der Waals surface area contributed by atoms with Crippen molar-refractivity contribution >= 4 is 34.1 Å². The van der Waals surface area contributed by atoms with Crippen LogP contribution in [-0.4, -0.2) is 0 Å². The van der Waals surface area contributed by atoms with Gasteiger partial charge in [-0.05, 0) is 134 Å². The summed E-state index contributed by atoms with van der Waals surface area (Å²) in [6.07, 6.45) is 0. The Labute approximate surface area is 250 Å². The van der Waals surface area contributed by atoms with E-state index in [1.807, 2.05) is 0 Å². The van der Waals surface area contributed by atoms with Gasteiger partial charge in [-0.1, -0.05) is 72.8 Å². The van der Waals surface area contributed by atoms with E-state index in [2.05, 4.69) is 183 Å². The Kier molecular flexibility index (Phi) is 7.62. The van der Waals surface area contributed by atoms with Gasteiger partial charge in [0.05, 0.1) is 0 Å². The summed E-state index contributed by atoms with van der Waals surface area (Å²) >= 11 is 0. The summed E-state index contributed by atoms with van der Waals surface area (Å²) in [5, 5.41) is 0. The van der Waals surface area contributed by atoms with Crippen LogP contribution in [0.15, 0.2) is 146 Å². The molecule has 206 valence electrons. The van der Waals surface area contributed by atoms with Crippen molar-refractivity contribution < 1.29 is 0 Å². The van der Waals surface area contributed by atoms with Crippen LogP contribution in [-0.2, 0) is 0 Å². The maximum atomic E-state index is 2.35. The average molecular weight is 545 g/mol. The Hall–Kier alpha value is -5.08. The molecule has 0 N–H and O–H groups in total. The van der Waals surface area contributed by atoms with Gasteiger partial charge in [-0.2, -0.15) is 0 Å². The van der Waals surface area contributed by atoms with E-state index in [-0.39, 0.29) is 0 Å². The second kappa shape index (κ2) is 11.8. The van der Waals surface area contributed by atoms with E-state index in [0.717, 1.165) is 22.7 Å². The molecule has 0 fully saturated rings. The molecule has 0 saturated heterocycles. The summed E-state index contributed by atoms with van der Waals surface area (Å²) in [6.45, 7) is 8.71. The topological polar surface area (TPSA) is 6.48 Å².